The standard InChI is InChI=1S/C30H39F2N7O4S/c1-30(2,3)43-29(41)38-15-10-19(11-16-38)9-12-33-28-34-18-20-17-21(27(40)37(4)26(20)35-28)24-22(31)7-8-23(25(24)32)36-44(42)39-13-5-6-14-39/h7-8,17-19,36H,5-6,9-16H2,1-4H3,(H,33,34,35). The summed E-state index contributed by atoms with van der Waals surface area (Å²) in [6.07, 6.45) is 5.61. The van der Waals surface area contributed by atoms with Gasteiger partial charge in [0.2, 0.25) is 5.95 Å². The molecule has 0 spiro atoms. The minimum Gasteiger partial charge on any atom is -0.444 e. The number of aryl methyl sites for hydroxylation is 1. The molecule has 2 saturated heterocycles. The molecule has 5 rings (SSSR count). The Morgan fingerprint density at radius 3 is 2.52 bits per heavy atom. The van der Waals surface area contributed by atoms with E-state index in [0.29, 0.717) is 55.6 Å². The van der Waals surface area contributed by atoms with E-state index < -0.39 is 39.5 Å². The number of anilines is 2. The molecule has 2 N–H and O–H groups in total. The second kappa shape index (κ2) is 13.1. The second-order valence-corrected chi connectivity index (χ2v) is 13.5. The summed E-state index contributed by atoms with van der Waals surface area (Å²) in [5.41, 5.74) is -1.68. The van der Waals surface area contributed by atoms with Gasteiger partial charge in [-0.05, 0) is 77.0 Å². The number of piperidine rings is 1. The van der Waals surface area contributed by atoms with Crippen LogP contribution >= 0.6 is 0 Å². The number of carbonyl (C=O) groups is 1. The first kappa shape index (κ1) is 31.8. The maximum absolute atomic E-state index is 15.6. The van der Waals surface area contributed by atoms with E-state index in [2.05, 4.69) is 20.0 Å². The molecule has 4 heterocycles. The molecule has 2 aliphatic heterocycles. The van der Waals surface area contributed by atoms with Gasteiger partial charge in [-0.1, -0.05) is 0 Å². The molecular weight excluding hydrogens is 592 g/mol. The van der Waals surface area contributed by atoms with Gasteiger partial charge < -0.3 is 15.0 Å². The summed E-state index contributed by atoms with van der Waals surface area (Å²) in [5.74, 6) is -1.14. The lowest BCUT2D eigenvalue weighted by Gasteiger charge is -2.33. The minimum atomic E-state index is -1.68. The average Bonchev–Trinajstić information content (AvgIpc) is 3.52. The third kappa shape index (κ3) is 7.17. The zero-order valence-electron chi connectivity index (χ0n) is 25.5. The van der Waals surface area contributed by atoms with Gasteiger partial charge in [0, 0.05) is 51.4 Å². The largest absolute Gasteiger partial charge is 0.444 e. The summed E-state index contributed by atoms with van der Waals surface area (Å²) in [6, 6.07) is 3.61. The molecule has 238 valence electrons. The Bertz CT molecular complexity index is 1610. The Kier molecular flexibility index (Phi) is 9.49. The smallest absolute Gasteiger partial charge is 0.410 e. The number of likely N-dealkylation sites (tertiary alicyclic amines) is 1. The van der Waals surface area contributed by atoms with E-state index in [1.165, 1.54) is 29.9 Å². The van der Waals surface area contributed by atoms with Gasteiger partial charge >= 0.3 is 6.09 Å². The Hall–Kier alpha value is -3.65. The Balaban J connectivity index is 1.26. The van der Waals surface area contributed by atoms with Gasteiger partial charge in [-0.25, -0.2) is 27.1 Å². The van der Waals surface area contributed by atoms with E-state index in [1.54, 1.807) is 9.21 Å². The summed E-state index contributed by atoms with van der Waals surface area (Å²) >= 11 is -1.68. The number of amides is 1. The molecule has 1 aromatic carbocycles. The summed E-state index contributed by atoms with van der Waals surface area (Å²) in [6.45, 7) is 8.69. The number of fused-ring (bicyclic) bond motifs is 1. The van der Waals surface area contributed by atoms with E-state index in [9.17, 15) is 18.2 Å². The van der Waals surface area contributed by atoms with E-state index in [4.69, 9.17) is 4.74 Å². The van der Waals surface area contributed by atoms with Gasteiger partial charge in [-0.15, -0.1) is 0 Å². The van der Waals surface area contributed by atoms with Gasteiger partial charge in [-0.3, -0.25) is 14.1 Å². The number of aromatic nitrogens is 3. The fraction of sp³-hybridized carbons (Fsp3) is 0.533. The van der Waals surface area contributed by atoms with E-state index >= 15 is 4.39 Å². The van der Waals surface area contributed by atoms with E-state index in [-0.39, 0.29) is 17.3 Å². The van der Waals surface area contributed by atoms with Crippen LogP contribution in [-0.4, -0.2) is 72.4 Å². The molecule has 14 heteroatoms. The molecule has 1 atom stereocenters. The van der Waals surface area contributed by atoms with Crippen molar-refractivity contribution < 1.29 is 22.5 Å². The number of pyridine rings is 1. The quantitative estimate of drug-likeness (QED) is 0.366. The van der Waals surface area contributed by atoms with Crippen molar-refractivity contribution in [1.29, 1.82) is 0 Å². The molecule has 3 aromatic rings. The van der Waals surface area contributed by atoms with Crippen LogP contribution < -0.4 is 15.6 Å². The Morgan fingerprint density at radius 2 is 1.84 bits per heavy atom. The van der Waals surface area contributed by atoms with Crippen LogP contribution in [0.25, 0.3) is 22.2 Å². The fourth-order valence-corrected chi connectivity index (χ4v) is 6.59. The van der Waals surface area contributed by atoms with Crippen LogP contribution in [0.1, 0.15) is 52.9 Å². The van der Waals surface area contributed by atoms with Crippen LogP contribution in [0, 0.1) is 17.6 Å². The summed E-state index contributed by atoms with van der Waals surface area (Å²) in [5, 5.41) is 3.64. The lowest BCUT2D eigenvalue weighted by atomic mass is 9.94. The molecule has 0 radical (unpaired) electrons. The third-order valence-corrected chi connectivity index (χ3v) is 9.14. The second-order valence-electron chi connectivity index (χ2n) is 12.3. The predicted octanol–water partition coefficient (Wildman–Crippen LogP) is 4.81. The molecule has 0 bridgehead atoms. The average molecular weight is 632 g/mol. The highest BCUT2D eigenvalue weighted by molar-refractivity contribution is 7.84. The van der Waals surface area contributed by atoms with Crippen molar-refractivity contribution in [3.05, 3.63) is 46.4 Å². The molecule has 2 fully saturated rings. The van der Waals surface area contributed by atoms with Gasteiger partial charge in [0.15, 0.2) is 17.0 Å². The topological polar surface area (TPSA) is 122 Å². The summed E-state index contributed by atoms with van der Waals surface area (Å²) in [4.78, 5) is 36.2. The molecule has 0 saturated carbocycles. The van der Waals surface area contributed by atoms with Crippen LogP contribution in [0.4, 0.5) is 25.2 Å². The molecule has 2 aliphatic rings. The Labute approximate surface area is 257 Å². The third-order valence-electron chi connectivity index (χ3n) is 7.91. The molecule has 44 heavy (non-hydrogen) atoms. The van der Waals surface area contributed by atoms with Crippen molar-refractivity contribution in [2.45, 2.75) is 58.5 Å². The highest BCUT2D eigenvalue weighted by Crippen LogP contribution is 2.31. The van der Waals surface area contributed by atoms with Crippen molar-refractivity contribution >= 4 is 39.9 Å². The van der Waals surface area contributed by atoms with E-state index in [1.807, 2.05) is 20.8 Å². The zero-order chi connectivity index (χ0) is 31.6. The van der Waals surface area contributed by atoms with Gasteiger partial charge in [0.1, 0.15) is 17.1 Å². The predicted molar refractivity (Wildman–Crippen MR) is 166 cm³/mol. The van der Waals surface area contributed by atoms with Crippen molar-refractivity contribution in [2.24, 2.45) is 13.0 Å². The van der Waals surface area contributed by atoms with Crippen molar-refractivity contribution in [3.63, 3.8) is 0 Å². The number of ether oxygens (including phenoxy) is 1. The maximum atomic E-state index is 15.6. The molecule has 0 aliphatic carbocycles. The monoisotopic (exact) mass is 631 g/mol. The molecule has 2 aromatic heterocycles. The number of benzene rings is 1. The number of nitrogens with zero attached hydrogens (tertiary/aromatic N) is 5. The number of hydrogen-bond donors (Lipinski definition) is 2. The number of rotatable bonds is 8. The van der Waals surface area contributed by atoms with Crippen LogP contribution in [0.15, 0.2) is 29.2 Å². The maximum Gasteiger partial charge on any atom is 0.410 e. The fourth-order valence-electron chi connectivity index (χ4n) is 5.52. The lowest BCUT2D eigenvalue weighted by molar-refractivity contribution is 0.0182. The molecule has 1 amide bonds. The van der Waals surface area contributed by atoms with Crippen molar-refractivity contribution in [1.82, 2.24) is 23.7 Å². The van der Waals surface area contributed by atoms with Gasteiger partial charge in [-0.2, -0.15) is 4.98 Å². The SMILES string of the molecule is Cn1c(=O)c(-c2c(F)ccc(NS(=O)N3CCCC3)c2F)cc2cnc(NCCC3CCN(C(=O)OC(C)(C)C)CC3)nc21. The summed E-state index contributed by atoms with van der Waals surface area (Å²) < 4.78 is 54.2. The van der Waals surface area contributed by atoms with Crippen molar-refractivity contribution in [2.75, 3.05) is 42.8 Å². The number of nitrogens with one attached hydrogen (secondary N) is 2. The van der Waals surface area contributed by atoms with E-state index in [0.717, 1.165) is 38.2 Å². The van der Waals surface area contributed by atoms with Gasteiger partial charge in [0.25, 0.3) is 5.56 Å². The van der Waals surface area contributed by atoms with Crippen LogP contribution in [0.3, 0.4) is 0 Å². The number of hydrogen-bond acceptors (Lipinski definition) is 7. The lowest BCUT2D eigenvalue weighted by Crippen LogP contribution is -2.41. The van der Waals surface area contributed by atoms with Crippen LogP contribution in [0.5, 0.6) is 0 Å². The number of halogens is 2. The first-order valence-electron chi connectivity index (χ1n) is 14.9. The molecule has 11 nitrogen and oxygen atoms in total. The first-order valence-corrected chi connectivity index (χ1v) is 16.0. The molecular formula is C30H39F2N7O4S. The highest BCUT2D eigenvalue weighted by Gasteiger charge is 2.27. The van der Waals surface area contributed by atoms with Crippen LogP contribution in [0.2, 0.25) is 0 Å². The first-order chi connectivity index (χ1) is 20.9. The Morgan fingerprint density at radius 1 is 1.14 bits per heavy atom. The minimum absolute atomic E-state index is 0.153. The normalized spacial score (nSPS) is 17.2. The van der Waals surface area contributed by atoms with Gasteiger partial charge in [0.05, 0.1) is 16.8 Å². The molecule has 1 unspecified atom stereocenters. The highest BCUT2D eigenvalue weighted by atomic mass is 32.2. The van der Waals surface area contributed by atoms with Crippen LogP contribution in [-0.2, 0) is 23.0 Å². The van der Waals surface area contributed by atoms with Crippen molar-refractivity contribution in [3.8, 4) is 11.1 Å². The summed E-state index contributed by atoms with van der Waals surface area (Å²) in [7, 11) is 1.49. The zero-order valence-corrected chi connectivity index (χ0v) is 26.3. The number of carbonyl (C=O) groups excluding carboxylic acids is 1.